The molecule has 0 bridgehead atoms. The van der Waals surface area contributed by atoms with Gasteiger partial charge in [0.2, 0.25) is 0 Å². The van der Waals surface area contributed by atoms with Crippen LogP contribution in [-0.4, -0.2) is 41.1 Å². The molecule has 1 fully saturated rings. The first kappa shape index (κ1) is 18.0. The van der Waals surface area contributed by atoms with E-state index in [9.17, 15) is 9.59 Å². The van der Waals surface area contributed by atoms with Crippen molar-refractivity contribution in [2.75, 3.05) is 13.2 Å². The fraction of sp³-hybridized carbons (Fsp3) is 0.474. The Morgan fingerprint density at radius 1 is 1.38 bits per heavy atom. The summed E-state index contributed by atoms with van der Waals surface area (Å²) in [5.74, 6) is -0.590. The van der Waals surface area contributed by atoms with E-state index < -0.39 is 12.6 Å². The molecule has 1 heterocycles. The number of hydrogen-bond acceptors (Lipinski definition) is 3. The smallest absolute Gasteiger partial charge is 0.341 e. The lowest BCUT2D eigenvalue weighted by Gasteiger charge is -2.46. The maximum absolute atomic E-state index is 12.9. The van der Waals surface area contributed by atoms with Gasteiger partial charge in [0.15, 0.2) is 6.61 Å². The Hall–Kier alpha value is -2.30. The molecule has 1 saturated heterocycles. The van der Waals surface area contributed by atoms with Crippen LogP contribution in [0.2, 0.25) is 0 Å². The molecule has 5 heteroatoms. The van der Waals surface area contributed by atoms with E-state index in [-0.39, 0.29) is 17.4 Å². The number of carboxylic acid groups (broad SMARTS) is 1. The van der Waals surface area contributed by atoms with Gasteiger partial charge in [0.1, 0.15) is 5.75 Å². The molecule has 1 aliphatic heterocycles. The highest BCUT2D eigenvalue weighted by Gasteiger charge is 2.39. The van der Waals surface area contributed by atoms with Crippen molar-refractivity contribution in [3.8, 4) is 5.75 Å². The van der Waals surface area contributed by atoms with Crippen molar-refractivity contribution in [1.29, 1.82) is 0 Å². The SMILES string of the molecule is C=CCC1N(C(=O)c2ccc(OCC(=O)O)cc2)CCCC1(C)C. The lowest BCUT2D eigenvalue weighted by Crippen LogP contribution is -2.52. The van der Waals surface area contributed by atoms with Crippen LogP contribution in [0.25, 0.3) is 0 Å². The molecule has 1 N–H and O–H groups in total. The van der Waals surface area contributed by atoms with E-state index in [0.717, 1.165) is 25.8 Å². The van der Waals surface area contributed by atoms with Crippen LogP contribution in [0, 0.1) is 5.41 Å². The van der Waals surface area contributed by atoms with E-state index in [1.807, 2.05) is 11.0 Å². The van der Waals surface area contributed by atoms with Gasteiger partial charge in [-0.2, -0.15) is 0 Å². The minimum atomic E-state index is -1.03. The molecule has 1 aromatic rings. The van der Waals surface area contributed by atoms with Gasteiger partial charge < -0.3 is 14.7 Å². The fourth-order valence-corrected chi connectivity index (χ4v) is 3.30. The number of aliphatic carboxylic acids is 1. The molecule has 1 unspecified atom stereocenters. The molecule has 130 valence electrons. The maximum Gasteiger partial charge on any atom is 0.341 e. The van der Waals surface area contributed by atoms with Gasteiger partial charge in [-0.3, -0.25) is 4.79 Å². The number of carbonyl (C=O) groups is 2. The second-order valence-corrected chi connectivity index (χ2v) is 6.84. The van der Waals surface area contributed by atoms with E-state index in [1.54, 1.807) is 24.3 Å². The van der Waals surface area contributed by atoms with Crippen LogP contribution in [0.3, 0.4) is 0 Å². The zero-order chi connectivity index (χ0) is 17.7. The number of hydrogen-bond donors (Lipinski definition) is 1. The number of benzene rings is 1. The number of nitrogens with zero attached hydrogens (tertiary/aromatic N) is 1. The average molecular weight is 331 g/mol. The van der Waals surface area contributed by atoms with Gasteiger partial charge >= 0.3 is 5.97 Å². The van der Waals surface area contributed by atoms with Gasteiger partial charge in [0, 0.05) is 18.2 Å². The molecule has 0 radical (unpaired) electrons. The molecule has 5 nitrogen and oxygen atoms in total. The summed E-state index contributed by atoms with van der Waals surface area (Å²) in [4.78, 5) is 25.4. The summed E-state index contributed by atoms with van der Waals surface area (Å²) >= 11 is 0. The third kappa shape index (κ3) is 4.16. The molecular formula is C19H25NO4. The zero-order valence-corrected chi connectivity index (χ0v) is 14.3. The third-order valence-electron chi connectivity index (χ3n) is 4.61. The van der Waals surface area contributed by atoms with Crippen LogP contribution < -0.4 is 4.74 Å². The number of amides is 1. The van der Waals surface area contributed by atoms with Gasteiger partial charge in [-0.25, -0.2) is 4.79 Å². The standard InChI is InChI=1S/C19H25NO4/c1-4-6-16-19(2,3)11-5-12-20(16)18(23)14-7-9-15(10-8-14)24-13-17(21)22/h4,7-10,16H,1,5-6,11-13H2,2-3H3,(H,21,22). The highest BCUT2D eigenvalue weighted by Crippen LogP contribution is 2.37. The van der Waals surface area contributed by atoms with Crippen LogP contribution in [0.5, 0.6) is 5.75 Å². The Morgan fingerprint density at radius 3 is 2.62 bits per heavy atom. The second kappa shape index (κ2) is 7.51. The first-order valence-corrected chi connectivity index (χ1v) is 8.21. The van der Waals surface area contributed by atoms with Crippen LogP contribution >= 0.6 is 0 Å². The van der Waals surface area contributed by atoms with Gasteiger partial charge in [0.25, 0.3) is 5.91 Å². The van der Waals surface area contributed by atoms with Gasteiger partial charge in [-0.05, 0) is 48.9 Å². The lowest BCUT2D eigenvalue weighted by molar-refractivity contribution is -0.139. The van der Waals surface area contributed by atoms with Gasteiger partial charge in [-0.1, -0.05) is 19.9 Å². The number of carbonyl (C=O) groups excluding carboxylic acids is 1. The van der Waals surface area contributed by atoms with E-state index >= 15 is 0 Å². The maximum atomic E-state index is 12.9. The predicted molar refractivity (Wildman–Crippen MR) is 92.2 cm³/mol. The van der Waals surface area contributed by atoms with Crippen molar-refractivity contribution in [2.24, 2.45) is 5.41 Å². The largest absolute Gasteiger partial charge is 0.482 e. The van der Waals surface area contributed by atoms with Crippen molar-refractivity contribution in [2.45, 2.75) is 39.2 Å². The second-order valence-electron chi connectivity index (χ2n) is 6.84. The van der Waals surface area contributed by atoms with E-state index in [4.69, 9.17) is 9.84 Å². The van der Waals surface area contributed by atoms with Crippen LogP contribution in [0.1, 0.15) is 43.5 Å². The minimum absolute atomic E-state index is 0.000547. The Labute approximate surface area is 142 Å². The molecule has 0 aliphatic carbocycles. The average Bonchev–Trinajstić information content (AvgIpc) is 2.54. The lowest BCUT2D eigenvalue weighted by atomic mass is 9.75. The van der Waals surface area contributed by atoms with Gasteiger partial charge in [0.05, 0.1) is 0 Å². The Kier molecular flexibility index (Phi) is 5.65. The summed E-state index contributed by atoms with van der Waals surface area (Å²) < 4.78 is 5.10. The third-order valence-corrected chi connectivity index (χ3v) is 4.61. The number of likely N-dealkylation sites (tertiary alicyclic amines) is 1. The molecule has 1 aliphatic rings. The highest BCUT2D eigenvalue weighted by molar-refractivity contribution is 5.94. The summed E-state index contributed by atoms with van der Waals surface area (Å²) in [5, 5.41) is 8.62. The molecule has 0 saturated carbocycles. The Morgan fingerprint density at radius 2 is 2.04 bits per heavy atom. The van der Waals surface area contributed by atoms with Crippen molar-refractivity contribution < 1.29 is 19.4 Å². The van der Waals surface area contributed by atoms with Crippen molar-refractivity contribution in [3.05, 3.63) is 42.5 Å². The zero-order valence-electron chi connectivity index (χ0n) is 14.3. The van der Waals surface area contributed by atoms with Crippen molar-refractivity contribution >= 4 is 11.9 Å². The number of rotatable bonds is 6. The van der Waals surface area contributed by atoms with E-state index in [0.29, 0.717) is 11.3 Å². The molecule has 1 aromatic carbocycles. The fourth-order valence-electron chi connectivity index (χ4n) is 3.30. The summed E-state index contributed by atoms with van der Waals surface area (Å²) in [6.07, 6.45) is 4.74. The quantitative estimate of drug-likeness (QED) is 0.812. The van der Waals surface area contributed by atoms with Crippen molar-refractivity contribution in [3.63, 3.8) is 0 Å². The van der Waals surface area contributed by atoms with Crippen molar-refractivity contribution in [1.82, 2.24) is 4.90 Å². The molecule has 24 heavy (non-hydrogen) atoms. The molecule has 1 amide bonds. The van der Waals surface area contributed by atoms with E-state index in [2.05, 4.69) is 20.4 Å². The number of ether oxygens (including phenoxy) is 1. The summed E-state index contributed by atoms with van der Waals surface area (Å²) in [6, 6.07) is 6.78. The highest BCUT2D eigenvalue weighted by atomic mass is 16.5. The Bertz CT molecular complexity index is 606. The summed E-state index contributed by atoms with van der Waals surface area (Å²) in [7, 11) is 0. The molecule has 2 rings (SSSR count). The molecule has 1 atom stereocenters. The molecule has 0 spiro atoms. The predicted octanol–water partition coefficient (Wildman–Crippen LogP) is 3.36. The number of piperidine rings is 1. The summed E-state index contributed by atoms with van der Waals surface area (Å²) in [6.45, 7) is 8.58. The summed E-state index contributed by atoms with van der Waals surface area (Å²) in [5.41, 5.74) is 0.650. The normalized spacial score (nSPS) is 19.6. The van der Waals surface area contributed by atoms with Crippen LogP contribution in [0.4, 0.5) is 0 Å². The first-order chi connectivity index (χ1) is 11.3. The molecular weight excluding hydrogens is 306 g/mol. The van der Waals surface area contributed by atoms with Gasteiger partial charge in [-0.15, -0.1) is 6.58 Å². The topological polar surface area (TPSA) is 66.8 Å². The monoisotopic (exact) mass is 331 g/mol. The van der Waals surface area contributed by atoms with Crippen LogP contribution in [0.15, 0.2) is 36.9 Å². The van der Waals surface area contributed by atoms with Crippen LogP contribution in [-0.2, 0) is 4.79 Å². The van der Waals surface area contributed by atoms with E-state index in [1.165, 1.54) is 0 Å². The molecule has 0 aromatic heterocycles. The Balaban J connectivity index is 2.14. The minimum Gasteiger partial charge on any atom is -0.482 e. The first-order valence-electron chi connectivity index (χ1n) is 8.21. The number of carboxylic acids is 1.